The van der Waals surface area contributed by atoms with Gasteiger partial charge in [-0.25, -0.2) is 9.48 Å². The summed E-state index contributed by atoms with van der Waals surface area (Å²) in [5.41, 5.74) is 7.14. The summed E-state index contributed by atoms with van der Waals surface area (Å²) in [5.74, 6) is -0.845. The maximum atomic E-state index is 11.8. The van der Waals surface area contributed by atoms with Crippen LogP contribution in [0.3, 0.4) is 0 Å². The molecule has 3 N–H and O–H groups in total. The lowest BCUT2D eigenvalue weighted by Crippen LogP contribution is -2.19. The van der Waals surface area contributed by atoms with Crippen LogP contribution >= 0.6 is 0 Å². The zero-order valence-corrected chi connectivity index (χ0v) is 11.1. The fourth-order valence-electron chi connectivity index (χ4n) is 1.79. The molecule has 0 bridgehead atoms. The summed E-state index contributed by atoms with van der Waals surface area (Å²) >= 11 is 0. The van der Waals surface area contributed by atoms with Gasteiger partial charge in [-0.2, -0.15) is 5.10 Å². The quantitative estimate of drug-likeness (QED) is 0.630. The SMILES string of the molecule is CNC(=O)c1ccn(-c2c(N)cccc2C(=O)OC)n1. The zero-order valence-electron chi connectivity index (χ0n) is 11.1. The molecular formula is C13H14N4O3. The molecule has 20 heavy (non-hydrogen) atoms. The highest BCUT2D eigenvalue weighted by Gasteiger charge is 2.17. The highest BCUT2D eigenvalue weighted by atomic mass is 16.5. The number of anilines is 1. The van der Waals surface area contributed by atoms with Crippen LogP contribution < -0.4 is 11.1 Å². The summed E-state index contributed by atoms with van der Waals surface area (Å²) < 4.78 is 6.10. The van der Waals surface area contributed by atoms with Crippen molar-refractivity contribution in [3.63, 3.8) is 0 Å². The molecule has 0 saturated heterocycles. The largest absolute Gasteiger partial charge is 0.465 e. The number of hydrogen-bond acceptors (Lipinski definition) is 5. The van der Waals surface area contributed by atoms with Crippen molar-refractivity contribution in [2.75, 3.05) is 19.9 Å². The molecule has 0 saturated carbocycles. The standard InChI is InChI=1S/C13H14N4O3/c1-15-12(18)10-6-7-17(16-10)11-8(13(19)20-2)4-3-5-9(11)14/h3-7H,14H2,1-2H3,(H,15,18). The lowest BCUT2D eigenvalue weighted by molar-refractivity contribution is 0.0600. The van der Waals surface area contributed by atoms with Crippen molar-refractivity contribution in [2.24, 2.45) is 0 Å². The van der Waals surface area contributed by atoms with Gasteiger partial charge in [-0.15, -0.1) is 0 Å². The second-order valence-electron chi connectivity index (χ2n) is 3.96. The van der Waals surface area contributed by atoms with E-state index in [0.717, 1.165) is 0 Å². The maximum absolute atomic E-state index is 11.8. The fourth-order valence-corrected chi connectivity index (χ4v) is 1.79. The molecule has 0 radical (unpaired) electrons. The number of benzene rings is 1. The van der Waals surface area contributed by atoms with E-state index >= 15 is 0 Å². The molecule has 1 aromatic heterocycles. The summed E-state index contributed by atoms with van der Waals surface area (Å²) in [7, 11) is 2.80. The van der Waals surface area contributed by atoms with Gasteiger partial charge >= 0.3 is 5.97 Å². The summed E-state index contributed by atoms with van der Waals surface area (Å²) in [5, 5.41) is 6.58. The van der Waals surface area contributed by atoms with Gasteiger partial charge in [-0.05, 0) is 18.2 Å². The van der Waals surface area contributed by atoms with Crippen LogP contribution in [0.2, 0.25) is 0 Å². The minimum absolute atomic E-state index is 0.228. The summed E-state index contributed by atoms with van der Waals surface area (Å²) in [4.78, 5) is 23.3. The average molecular weight is 274 g/mol. The molecule has 1 aromatic carbocycles. The zero-order chi connectivity index (χ0) is 14.7. The van der Waals surface area contributed by atoms with Crippen molar-refractivity contribution < 1.29 is 14.3 Å². The Morgan fingerprint density at radius 1 is 1.35 bits per heavy atom. The summed E-state index contributed by atoms with van der Waals surface area (Å²) in [6.07, 6.45) is 1.56. The van der Waals surface area contributed by atoms with Gasteiger partial charge in [-0.1, -0.05) is 6.07 Å². The number of amides is 1. The molecule has 0 unspecified atom stereocenters. The molecule has 0 fully saturated rings. The van der Waals surface area contributed by atoms with Crippen LogP contribution in [0, 0.1) is 0 Å². The number of nitrogens with one attached hydrogen (secondary N) is 1. The van der Waals surface area contributed by atoms with Crippen LogP contribution in [0.4, 0.5) is 5.69 Å². The number of ether oxygens (including phenoxy) is 1. The second kappa shape index (κ2) is 5.43. The Bertz CT molecular complexity index is 663. The number of para-hydroxylation sites is 1. The van der Waals surface area contributed by atoms with Crippen LogP contribution in [0.5, 0.6) is 0 Å². The number of methoxy groups -OCH3 is 1. The third-order valence-electron chi connectivity index (χ3n) is 2.75. The Hall–Kier alpha value is -2.83. The number of aromatic nitrogens is 2. The number of rotatable bonds is 3. The molecule has 2 aromatic rings. The second-order valence-corrected chi connectivity index (χ2v) is 3.96. The van der Waals surface area contributed by atoms with Gasteiger partial charge in [0, 0.05) is 13.2 Å². The first-order valence-electron chi connectivity index (χ1n) is 5.83. The average Bonchev–Trinajstić information content (AvgIpc) is 2.94. The van der Waals surface area contributed by atoms with E-state index in [0.29, 0.717) is 11.4 Å². The maximum Gasteiger partial charge on any atom is 0.340 e. The van der Waals surface area contributed by atoms with Crippen LogP contribution in [-0.2, 0) is 4.74 Å². The molecule has 1 heterocycles. The normalized spacial score (nSPS) is 10.1. The van der Waals surface area contributed by atoms with Crippen molar-refractivity contribution in [1.82, 2.24) is 15.1 Å². The molecule has 0 aliphatic carbocycles. The first-order valence-corrected chi connectivity index (χ1v) is 5.83. The fraction of sp³-hybridized carbons (Fsp3) is 0.154. The van der Waals surface area contributed by atoms with Gasteiger partial charge in [0.2, 0.25) is 0 Å². The Balaban J connectivity index is 2.54. The topological polar surface area (TPSA) is 99.2 Å². The molecular weight excluding hydrogens is 260 g/mol. The van der Waals surface area contributed by atoms with Gasteiger partial charge in [0.15, 0.2) is 5.69 Å². The molecule has 0 aliphatic rings. The number of hydrogen-bond donors (Lipinski definition) is 2. The number of nitrogens with two attached hydrogens (primary N) is 1. The lowest BCUT2D eigenvalue weighted by Gasteiger charge is -2.10. The highest BCUT2D eigenvalue weighted by molar-refractivity contribution is 5.96. The van der Waals surface area contributed by atoms with Crippen molar-refractivity contribution in [2.45, 2.75) is 0 Å². The summed E-state index contributed by atoms with van der Waals surface area (Å²) in [6, 6.07) is 6.41. The van der Waals surface area contributed by atoms with Crippen molar-refractivity contribution in [1.29, 1.82) is 0 Å². The Morgan fingerprint density at radius 2 is 2.10 bits per heavy atom. The molecule has 104 valence electrons. The monoisotopic (exact) mass is 274 g/mol. The van der Waals surface area contributed by atoms with Gasteiger partial charge in [0.1, 0.15) is 5.69 Å². The number of carbonyl (C=O) groups is 2. The van der Waals surface area contributed by atoms with E-state index in [-0.39, 0.29) is 17.2 Å². The van der Waals surface area contributed by atoms with E-state index in [9.17, 15) is 9.59 Å². The molecule has 0 atom stereocenters. The van der Waals surface area contributed by atoms with E-state index in [4.69, 9.17) is 10.5 Å². The number of carbonyl (C=O) groups excluding carboxylic acids is 2. The Labute approximate surface area is 115 Å². The third-order valence-corrected chi connectivity index (χ3v) is 2.75. The van der Waals surface area contributed by atoms with Crippen LogP contribution in [0.15, 0.2) is 30.5 Å². The van der Waals surface area contributed by atoms with E-state index in [2.05, 4.69) is 10.4 Å². The summed E-state index contributed by atoms with van der Waals surface area (Å²) in [6.45, 7) is 0. The minimum atomic E-state index is -0.524. The Morgan fingerprint density at radius 3 is 2.75 bits per heavy atom. The van der Waals surface area contributed by atoms with E-state index in [1.165, 1.54) is 24.9 Å². The van der Waals surface area contributed by atoms with Crippen molar-refractivity contribution >= 4 is 17.6 Å². The molecule has 1 amide bonds. The highest BCUT2D eigenvalue weighted by Crippen LogP contribution is 2.22. The van der Waals surface area contributed by atoms with E-state index in [1.807, 2.05) is 0 Å². The number of nitrogen functional groups attached to an aromatic ring is 1. The van der Waals surface area contributed by atoms with Gasteiger partial charge in [0.05, 0.1) is 18.4 Å². The van der Waals surface area contributed by atoms with Crippen molar-refractivity contribution in [3.05, 3.63) is 41.7 Å². The van der Waals surface area contributed by atoms with Crippen LogP contribution in [0.1, 0.15) is 20.8 Å². The molecule has 2 rings (SSSR count). The first-order chi connectivity index (χ1) is 9.58. The van der Waals surface area contributed by atoms with Gasteiger partial charge in [0.25, 0.3) is 5.91 Å². The Kier molecular flexibility index (Phi) is 3.69. The number of esters is 1. The number of nitrogens with zero attached hydrogens (tertiary/aromatic N) is 2. The predicted molar refractivity (Wildman–Crippen MR) is 72.7 cm³/mol. The lowest BCUT2D eigenvalue weighted by atomic mass is 10.1. The predicted octanol–water partition coefficient (Wildman–Crippen LogP) is 0.601. The van der Waals surface area contributed by atoms with Crippen molar-refractivity contribution in [3.8, 4) is 5.69 Å². The first kappa shape index (κ1) is 13.6. The van der Waals surface area contributed by atoms with Gasteiger partial charge < -0.3 is 15.8 Å². The third kappa shape index (κ3) is 2.33. The van der Waals surface area contributed by atoms with E-state index < -0.39 is 5.97 Å². The van der Waals surface area contributed by atoms with Gasteiger partial charge in [-0.3, -0.25) is 4.79 Å². The minimum Gasteiger partial charge on any atom is -0.465 e. The molecule has 0 aliphatic heterocycles. The molecule has 7 heteroatoms. The van der Waals surface area contributed by atoms with Crippen LogP contribution in [-0.4, -0.2) is 35.8 Å². The van der Waals surface area contributed by atoms with Crippen LogP contribution in [0.25, 0.3) is 5.69 Å². The van der Waals surface area contributed by atoms with E-state index in [1.54, 1.807) is 24.4 Å². The molecule has 0 spiro atoms. The smallest absolute Gasteiger partial charge is 0.340 e. The molecule has 7 nitrogen and oxygen atoms in total.